The highest BCUT2D eigenvalue weighted by Gasteiger charge is 2.04. The first-order valence-electron chi connectivity index (χ1n) is 5.47. The molecule has 1 atom stereocenters. The molecule has 0 radical (unpaired) electrons. The van der Waals surface area contributed by atoms with E-state index in [2.05, 4.69) is 35.6 Å². The third-order valence-corrected chi connectivity index (χ3v) is 2.56. The van der Waals surface area contributed by atoms with E-state index in [0.29, 0.717) is 0 Å². The van der Waals surface area contributed by atoms with Gasteiger partial charge in [0.2, 0.25) is 0 Å². The first-order valence-corrected chi connectivity index (χ1v) is 5.47. The number of hydrogen-bond donors (Lipinski definition) is 1. The normalized spacial score (nSPS) is 13.1. The molecule has 0 bridgehead atoms. The number of aromatic nitrogens is 2. The van der Waals surface area contributed by atoms with Gasteiger partial charge < -0.3 is 9.88 Å². The molecule has 3 nitrogen and oxygen atoms in total. The second-order valence-corrected chi connectivity index (χ2v) is 3.83. The van der Waals surface area contributed by atoms with Crippen LogP contribution in [0.5, 0.6) is 0 Å². The van der Waals surface area contributed by atoms with Gasteiger partial charge in [0.05, 0.1) is 12.0 Å². The molecule has 1 heterocycles. The Morgan fingerprint density at radius 2 is 2.29 bits per heavy atom. The molecule has 0 amide bonds. The van der Waals surface area contributed by atoms with Gasteiger partial charge in [0.15, 0.2) is 0 Å². The predicted molar refractivity (Wildman–Crippen MR) is 59.1 cm³/mol. The lowest BCUT2D eigenvalue weighted by Gasteiger charge is -2.12. The Labute approximate surface area is 86.5 Å². The standard InChI is InChI=1S/C11H21N3/c1-4-10(3)8-14-9-13-7-11(14)6-12-5-2/h7,9-10,12H,4-6,8H2,1-3H3. The summed E-state index contributed by atoms with van der Waals surface area (Å²) in [6.07, 6.45) is 5.10. The number of nitrogens with one attached hydrogen (secondary N) is 1. The first-order chi connectivity index (χ1) is 6.77. The van der Waals surface area contributed by atoms with Crippen LogP contribution in [0.3, 0.4) is 0 Å². The van der Waals surface area contributed by atoms with Gasteiger partial charge in [-0.2, -0.15) is 0 Å². The van der Waals surface area contributed by atoms with Crippen LogP contribution in [-0.4, -0.2) is 16.1 Å². The third kappa shape index (κ3) is 3.14. The van der Waals surface area contributed by atoms with Crippen LogP contribution >= 0.6 is 0 Å². The fraction of sp³-hybridized carbons (Fsp3) is 0.727. The van der Waals surface area contributed by atoms with Crippen molar-refractivity contribution in [1.82, 2.24) is 14.9 Å². The molecule has 3 heteroatoms. The van der Waals surface area contributed by atoms with Crippen molar-refractivity contribution in [2.75, 3.05) is 6.54 Å². The van der Waals surface area contributed by atoms with Gasteiger partial charge in [-0.3, -0.25) is 0 Å². The summed E-state index contributed by atoms with van der Waals surface area (Å²) in [5, 5.41) is 3.32. The van der Waals surface area contributed by atoms with Crippen LogP contribution in [0.4, 0.5) is 0 Å². The van der Waals surface area contributed by atoms with Gasteiger partial charge in [-0.1, -0.05) is 27.2 Å². The van der Waals surface area contributed by atoms with Crippen molar-refractivity contribution < 1.29 is 0 Å². The average molecular weight is 195 g/mol. The van der Waals surface area contributed by atoms with E-state index in [-0.39, 0.29) is 0 Å². The van der Waals surface area contributed by atoms with Gasteiger partial charge in [-0.05, 0) is 12.5 Å². The van der Waals surface area contributed by atoms with Crippen LogP contribution in [0.25, 0.3) is 0 Å². The van der Waals surface area contributed by atoms with Crippen LogP contribution in [0, 0.1) is 5.92 Å². The van der Waals surface area contributed by atoms with E-state index >= 15 is 0 Å². The maximum atomic E-state index is 4.19. The predicted octanol–water partition coefficient (Wildman–Crippen LogP) is 2.04. The highest BCUT2D eigenvalue weighted by atomic mass is 15.1. The second-order valence-electron chi connectivity index (χ2n) is 3.83. The quantitative estimate of drug-likeness (QED) is 0.752. The molecule has 1 aromatic heterocycles. The van der Waals surface area contributed by atoms with Crippen molar-refractivity contribution in [3.05, 3.63) is 18.2 Å². The Morgan fingerprint density at radius 3 is 2.93 bits per heavy atom. The SMILES string of the molecule is CCNCc1cncn1CC(C)CC. The van der Waals surface area contributed by atoms with Crippen molar-refractivity contribution in [3.8, 4) is 0 Å². The summed E-state index contributed by atoms with van der Waals surface area (Å²) in [7, 11) is 0. The smallest absolute Gasteiger partial charge is 0.0948 e. The first kappa shape index (κ1) is 11.2. The van der Waals surface area contributed by atoms with Gasteiger partial charge in [-0.15, -0.1) is 0 Å². The summed E-state index contributed by atoms with van der Waals surface area (Å²) in [6.45, 7) is 9.64. The van der Waals surface area contributed by atoms with Gasteiger partial charge in [0, 0.05) is 19.3 Å². The van der Waals surface area contributed by atoms with E-state index in [9.17, 15) is 0 Å². The zero-order valence-corrected chi connectivity index (χ0v) is 9.45. The van der Waals surface area contributed by atoms with Gasteiger partial charge in [0.25, 0.3) is 0 Å². The minimum atomic E-state index is 0.726. The van der Waals surface area contributed by atoms with E-state index in [1.807, 2.05) is 12.5 Å². The molecule has 14 heavy (non-hydrogen) atoms. The topological polar surface area (TPSA) is 29.9 Å². The maximum absolute atomic E-state index is 4.19. The Hall–Kier alpha value is -0.830. The number of rotatable bonds is 6. The molecular formula is C11H21N3. The summed E-state index contributed by atoms with van der Waals surface area (Å²) in [4.78, 5) is 4.19. The van der Waals surface area contributed by atoms with Crippen molar-refractivity contribution in [1.29, 1.82) is 0 Å². The van der Waals surface area contributed by atoms with Gasteiger partial charge in [-0.25, -0.2) is 4.98 Å². The Balaban J connectivity index is 2.53. The number of nitrogens with zero attached hydrogens (tertiary/aromatic N) is 2. The molecule has 80 valence electrons. The maximum Gasteiger partial charge on any atom is 0.0948 e. The summed E-state index contributed by atoms with van der Waals surface area (Å²) in [5.41, 5.74) is 1.28. The Morgan fingerprint density at radius 1 is 1.50 bits per heavy atom. The van der Waals surface area contributed by atoms with Crippen LogP contribution in [-0.2, 0) is 13.1 Å². The molecule has 0 saturated carbocycles. The molecule has 0 spiro atoms. The highest BCUT2D eigenvalue weighted by molar-refractivity contribution is 4.97. The summed E-state index contributed by atoms with van der Waals surface area (Å²) < 4.78 is 2.25. The summed E-state index contributed by atoms with van der Waals surface area (Å²) in [5.74, 6) is 0.726. The Bertz CT molecular complexity index is 255. The van der Waals surface area contributed by atoms with Gasteiger partial charge in [0.1, 0.15) is 0 Å². The van der Waals surface area contributed by atoms with E-state index in [1.54, 1.807) is 0 Å². The van der Waals surface area contributed by atoms with E-state index in [4.69, 9.17) is 0 Å². The van der Waals surface area contributed by atoms with E-state index in [0.717, 1.165) is 25.6 Å². The third-order valence-electron chi connectivity index (χ3n) is 2.56. The van der Waals surface area contributed by atoms with Crippen LogP contribution in [0.1, 0.15) is 32.9 Å². The molecule has 0 aliphatic carbocycles. The summed E-state index contributed by atoms with van der Waals surface area (Å²) in [6, 6.07) is 0. The lowest BCUT2D eigenvalue weighted by atomic mass is 10.1. The molecule has 0 aliphatic heterocycles. The minimum absolute atomic E-state index is 0.726. The second kappa shape index (κ2) is 5.81. The molecule has 1 N–H and O–H groups in total. The minimum Gasteiger partial charge on any atom is -0.333 e. The molecule has 0 saturated heterocycles. The largest absolute Gasteiger partial charge is 0.333 e. The highest BCUT2D eigenvalue weighted by Crippen LogP contribution is 2.07. The van der Waals surface area contributed by atoms with E-state index in [1.165, 1.54) is 12.1 Å². The fourth-order valence-electron chi connectivity index (χ4n) is 1.38. The van der Waals surface area contributed by atoms with Crippen LogP contribution < -0.4 is 5.32 Å². The van der Waals surface area contributed by atoms with Crippen LogP contribution in [0.2, 0.25) is 0 Å². The molecular weight excluding hydrogens is 174 g/mol. The fourth-order valence-corrected chi connectivity index (χ4v) is 1.38. The zero-order chi connectivity index (χ0) is 10.4. The van der Waals surface area contributed by atoms with E-state index < -0.39 is 0 Å². The Kier molecular flexibility index (Phi) is 4.66. The lowest BCUT2D eigenvalue weighted by molar-refractivity contribution is 0.455. The lowest BCUT2D eigenvalue weighted by Crippen LogP contribution is -2.16. The monoisotopic (exact) mass is 195 g/mol. The molecule has 0 fully saturated rings. The summed E-state index contributed by atoms with van der Waals surface area (Å²) >= 11 is 0. The van der Waals surface area contributed by atoms with Crippen molar-refractivity contribution in [2.24, 2.45) is 5.92 Å². The number of hydrogen-bond acceptors (Lipinski definition) is 2. The molecule has 1 rings (SSSR count). The molecule has 1 unspecified atom stereocenters. The van der Waals surface area contributed by atoms with Crippen molar-refractivity contribution in [2.45, 2.75) is 40.3 Å². The molecule has 1 aromatic rings. The molecule has 0 aromatic carbocycles. The van der Waals surface area contributed by atoms with Gasteiger partial charge >= 0.3 is 0 Å². The zero-order valence-electron chi connectivity index (χ0n) is 9.45. The average Bonchev–Trinajstić information content (AvgIpc) is 2.62. The molecule has 0 aliphatic rings. The van der Waals surface area contributed by atoms with Crippen molar-refractivity contribution >= 4 is 0 Å². The van der Waals surface area contributed by atoms with Crippen LogP contribution in [0.15, 0.2) is 12.5 Å². The van der Waals surface area contributed by atoms with Crippen molar-refractivity contribution in [3.63, 3.8) is 0 Å². The number of imidazole rings is 1.